The molecule has 0 aromatic carbocycles. The van der Waals surface area contributed by atoms with Crippen molar-refractivity contribution in [3.05, 3.63) is 10.2 Å². The fourth-order valence-electron chi connectivity index (χ4n) is 2.27. The summed E-state index contributed by atoms with van der Waals surface area (Å²) >= 11 is 3.22. The van der Waals surface area contributed by atoms with E-state index in [0.29, 0.717) is 16.0 Å². The van der Waals surface area contributed by atoms with E-state index in [9.17, 15) is 13.6 Å². The molecule has 112 valence electrons. The van der Waals surface area contributed by atoms with Gasteiger partial charge >= 0.3 is 5.97 Å². The van der Waals surface area contributed by atoms with Crippen LogP contribution in [-0.4, -0.2) is 41.4 Å². The van der Waals surface area contributed by atoms with E-state index in [2.05, 4.69) is 21.0 Å². The van der Waals surface area contributed by atoms with Crippen LogP contribution in [0.1, 0.15) is 30.1 Å². The summed E-state index contributed by atoms with van der Waals surface area (Å²) in [6.07, 6.45) is -0.448. The molecule has 0 atom stereocenters. The number of ether oxygens (including phenoxy) is 1. The van der Waals surface area contributed by atoms with Gasteiger partial charge in [0.15, 0.2) is 0 Å². The highest BCUT2D eigenvalue weighted by molar-refractivity contribution is 9.10. The summed E-state index contributed by atoms with van der Waals surface area (Å²) in [6.45, 7) is 2.33. The molecule has 1 aromatic rings. The van der Waals surface area contributed by atoms with Crippen molar-refractivity contribution < 1.29 is 18.3 Å². The first-order valence-corrected chi connectivity index (χ1v) is 7.17. The highest BCUT2D eigenvalue weighted by Gasteiger charge is 2.37. The van der Waals surface area contributed by atoms with Crippen LogP contribution in [-0.2, 0) is 11.8 Å². The molecule has 20 heavy (non-hydrogen) atoms. The minimum absolute atomic E-state index is 0.186. The third-order valence-electron chi connectivity index (χ3n) is 3.25. The van der Waals surface area contributed by atoms with Crippen molar-refractivity contribution in [2.24, 2.45) is 7.05 Å². The lowest BCUT2D eigenvalue weighted by Gasteiger charge is -2.33. The molecule has 8 heteroatoms. The van der Waals surface area contributed by atoms with E-state index in [1.165, 1.54) is 4.68 Å². The Balaban J connectivity index is 2.30. The van der Waals surface area contributed by atoms with Gasteiger partial charge in [0.1, 0.15) is 16.0 Å². The average molecular weight is 352 g/mol. The zero-order valence-corrected chi connectivity index (χ0v) is 12.9. The topological polar surface area (TPSA) is 47.4 Å². The first kappa shape index (κ1) is 15.2. The lowest BCUT2D eigenvalue weighted by molar-refractivity contribution is -0.0222. The number of nitrogens with zero attached hydrogens (tertiary/aromatic N) is 3. The number of hydrogen-bond acceptors (Lipinski definition) is 4. The monoisotopic (exact) mass is 351 g/mol. The van der Waals surface area contributed by atoms with Gasteiger partial charge in [-0.3, -0.25) is 4.68 Å². The molecule has 0 radical (unpaired) electrons. The van der Waals surface area contributed by atoms with E-state index in [1.807, 2.05) is 0 Å². The summed E-state index contributed by atoms with van der Waals surface area (Å²) in [5.74, 6) is -2.61. The van der Waals surface area contributed by atoms with Gasteiger partial charge in [0.2, 0.25) is 0 Å². The standard InChI is InChI=1S/C12H16BrF2N3O2/c1-3-20-11(19)8-9(13)16-17(2)10(8)18-6-4-12(14,15)5-7-18/h3-7H2,1-2H3. The Morgan fingerprint density at radius 1 is 1.45 bits per heavy atom. The van der Waals surface area contributed by atoms with Crippen LogP contribution >= 0.6 is 15.9 Å². The van der Waals surface area contributed by atoms with E-state index in [0.717, 1.165) is 0 Å². The number of halogens is 3. The highest BCUT2D eigenvalue weighted by Crippen LogP contribution is 2.34. The Morgan fingerprint density at radius 2 is 2.05 bits per heavy atom. The fraction of sp³-hybridized carbons (Fsp3) is 0.667. The van der Waals surface area contributed by atoms with Crippen LogP contribution in [0.5, 0.6) is 0 Å². The molecular weight excluding hydrogens is 336 g/mol. The van der Waals surface area contributed by atoms with E-state index >= 15 is 0 Å². The van der Waals surface area contributed by atoms with Crippen LogP contribution in [0.3, 0.4) is 0 Å². The van der Waals surface area contributed by atoms with Crippen molar-refractivity contribution in [2.45, 2.75) is 25.7 Å². The number of carbonyl (C=O) groups is 1. The van der Waals surface area contributed by atoms with Crippen LogP contribution in [0.15, 0.2) is 4.60 Å². The number of piperidine rings is 1. The second kappa shape index (κ2) is 5.67. The van der Waals surface area contributed by atoms with Crippen LogP contribution in [0.25, 0.3) is 0 Å². The fourth-order valence-corrected chi connectivity index (χ4v) is 2.85. The van der Waals surface area contributed by atoms with Crippen LogP contribution in [0, 0.1) is 0 Å². The number of aryl methyl sites for hydroxylation is 1. The molecule has 1 saturated heterocycles. The van der Waals surface area contributed by atoms with Gasteiger partial charge in [0.25, 0.3) is 5.92 Å². The van der Waals surface area contributed by atoms with Crippen LogP contribution in [0.4, 0.5) is 14.6 Å². The summed E-state index contributed by atoms with van der Waals surface area (Å²) in [5, 5.41) is 4.13. The van der Waals surface area contributed by atoms with Crippen molar-refractivity contribution in [2.75, 3.05) is 24.6 Å². The quantitative estimate of drug-likeness (QED) is 0.785. The van der Waals surface area contributed by atoms with E-state index in [1.54, 1.807) is 18.9 Å². The lowest BCUT2D eigenvalue weighted by atomic mass is 10.1. The molecule has 2 rings (SSSR count). The first-order valence-electron chi connectivity index (χ1n) is 6.38. The average Bonchev–Trinajstić information content (AvgIpc) is 2.65. The summed E-state index contributed by atoms with van der Waals surface area (Å²) in [5.41, 5.74) is 0.291. The number of anilines is 1. The second-order valence-electron chi connectivity index (χ2n) is 4.68. The number of rotatable bonds is 3. The number of esters is 1. The third-order valence-corrected chi connectivity index (χ3v) is 3.80. The van der Waals surface area contributed by atoms with E-state index in [4.69, 9.17) is 4.74 Å². The van der Waals surface area contributed by atoms with Gasteiger partial charge in [0.05, 0.1) is 6.61 Å². The van der Waals surface area contributed by atoms with Crippen molar-refractivity contribution in [1.82, 2.24) is 9.78 Å². The normalized spacial score (nSPS) is 18.1. The smallest absolute Gasteiger partial charge is 0.344 e. The number of aromatic nitrogens is 2. The van der Waals surface area contributed by atoms with Crippen molar-refractivity contribution in [1.29, 1.82) is 0 Å². The van der Waals surface area contributed by atoms with Gasteiger partial charge in [-0.1, -0.05) is 0 Å². The summed E-state index contributed by atoms with van der Waals surface area (Å²) in [7, 11) is 1.68. The summed E-state index contributed by atoms with van der Waals surface area (Å²) in [6, 6.07) is 0. The molecule has 1 aliphatic heterocycles. The molecule has 1 aliphatic rings. The largest absolute Gasteiger partial charge is 0.462 e. The van der Waals surface area contributed by atoms with Crippen molar-refractivity contribution >= 4 is 27.7 Å². The minimum atomic E-state index is -2.63. The van der Waals surface area contributed by atoms with Gasteiger partial charge < -0.3 is 9.64 Å². The highest BCUT2D eigenvalue weighted by atomic mass is 79.9. The maximum atomic E-state index is 13.2. The number of hydrogen-bond donors (Lipinski definition) is 0. The molecular formula is C12H16BrF2N3O2. The number of alkyl halides is 2. The Kier molecular flexibility index (Phi) is 4.31. The molecule has 0 aliphatic carbocycles. The summed E-state index contributed by atoms with van der Waals surface area (Å²) < 4.78 is 33.3. The minimum Gasteiger partial charge on any atom is -0.462 e. The predicted octanol–water partition coefficient (Wildman–Crippen LogP) is 2.59. The van der Waals surface area contributed by atoms with Gasteiger partial charge in [-0.2, -0.15) is 5.10 Å². The van der Waals surface area contributed by atoms with Crippen molar-refractivity contribution in [3.8, 4) is 0 Å². The second-order valence-corrected chi connectivity index (χ2v) is 5.43. The first-order chi connectivity index (χ1) is 9.35. The van der Waals surface area contributed by atoms with Gasteiger partial charge in [0, 0.05) is 33.0 Å². The lowest BCUT2D eigenvalue weighted by Crippen LogP contribution is -2.40. The molecule has 0 N–H and O–H groups in total. The predicted molar refractivity (Wildman–Crippen MR) is 73.3 cm³/mol. The van der Waals surface area contributed by atoms with Crippen LogP contribution < -0.4 is 4.90 Å². The maximum Gasteiger partial charge on any atom is 0.344 e. The van der Waals surface area contributed by atoms with E-state index < -0.39 is 11.9 Å². The van der Waals surface area contributed by atoms with Crippen molar-refractivity contribution in [3.63, 3.8) is 0 Å². The summed E-state index contributed by atoms with van der Waals surface area (Å²) in [4.78, 5) is 13.7. The maximum absolute atomic E-state index is 13.2. The Bertz CT molecular complexity index is 509. The number of carbonyl (C=O) groups excluding carboxylic acids is 1. The molecule has 2 heterocycles. The van der Waals surface area contributed by atoms with Gasteiger partial charge in [-0.15, -0.1) is 0 Å². The van der Waals surface area contributed by atoms with E-state index in [-0.39, 0.29) is 32.5 Å². The Hall–Kier alpha value is -1.18. The van der Waals surface area contributed by atoms with Gasteiger partial charge in [-0.05, 0) is 22.9 Å². The zero-order valence-electron chi connectivity index (χ0n) is 11.3. The van der Waals surface area contributed by atoms with Gasteiger partial charge in [-0.25, -0.2) is 13.6 Å². The SMILES string of the molecule is CCOC(=O)c1c(Br)nn(C)c1N1CCC(F)(F)CC1. The molecule has 1 fully saturated rings. The Labute approximate surface area is 124 Å². The molecule has 0 spiro atoms. The molecule has 0 unspecified atom stereocenters. The zero-order chi connectivity index (χ0) is 14.9. The third kappa shape index (κ3) is 2.94. The molecule has 1 aromatic heterocycles. The molecule has 0 bridgehead atoms. The van der Waals surface area contributed by atoms with Crippen LogP contribution in [0.2, 0.25) is 0 Å². The molecule has 5 nitrogen and oxygen atoms in total. The molecule has 0 saturated carbocycles. The Morgan fingerprint density at radius 3 is 2.60 bits per heavy atom. The molecule has 0 amide bonds.